The van der Waals surface area contributed by atoms with Gasteiger partial charge >= 0.3 is 5.97 Å². The van der Waals surface area contributed by atoms with Gasteiger partial charge in [-0.3, -0.25) is 9.36 Å². The molecular weight excluding hydrogens is 782 g/mol. The monoisotopic (exact) mass is 878 g/mol. The van der Waals surface area contributed by atoms with E-state index in [0.29, 0.717) is 24.1 Å². The first kappa shape index (κ1) is 59.2. The number of hydrogen-bond donors (Lipinski definition) is 0. The van der Waals surface area contributed by atoms with E-state index >= 15 is 0 Å². The molecule has 0 aromatic carbocycles. The lowest BCUT2D eigenvalue weighted by atomic mass is 10.1. The Balaban J connectivity index is 4.22. The molecule has 0 fully saturated rings. The molecule has 0 radical (unpaired) electrons. The number of carbonyl (C=O) groups excluding carboxylic acids is 1. The summed E-state index contributed by atoms with van der Waals surface area (Å²) in [5.74, 6) is -0.349. The SMILES string of the molecule is CCCCC/C=C\C/C=C\CCCCCCCCCCOCC(COP(=O)([O-])OCC[N+](C)(C)C)OC(=O)CCCCCCCC/C=C\C/C=C\C/C=C\CCCCCCC. The Hall–Kier alpha value is -1.80. The topological polar surface area (TPSA) is 94.1 Å². The molecule has 0 heterocycles. The molecule has 0 N–H and O–H groups in total. The summed E-state index contributed by atoms with van der Waals surface area (Å²) in [5.41, 5.74) is 0. The maximum Gasteiger partial charge on any atom is 0.306 e. The highest BCUT2D eigenvalue weighted by Crippen LogP contribution is 2.38. The molecule has 8 nitrogen and oxygen atoms in total. The number of hydrogen-bond acceptors (Lipinski definition) is 7. The summed E-state index contributed by atoms with van der Waals surface area (Å²) < 4.78 is 34.7. The number of unbranched alkanes of at least 4 members (excludes halogenated alkanes) is 22. The van der Waals surface area contributed by atoms with Crippen LogP contribution in [0.4, 0.5) is 0 Å². The average molecular weight is 878 g/mol. The summed E-state index contributed by atoms with van der Waals surface area (Å²) >= 11 is 0. The predicted octanol–water partition coefficient (Wildman–Crippen LogP) is 14.6. The van der Waals surface area contributed by atoms with Crippen LogP contribution >= 0.6 is 7.82 Å². The van der Waals surface area contributed by atoms with Crippen LogP contribution in [0.2, 0.25) is 0 Å². The number of phosphoric acid groups is 1. The third-order valence-electron chi connectivity index (χ3n) is 10.5. The molecule has 0 aromatic heterocycles. The molecule has 2 atom stereocenters. The minimum atomic E-state index is -4.54. The van der Waals surface area contributed by atoms with Gasteiger partial charge in [0.1, 0.15) is 19.3 Å². The first-order valence-corrected chi connectivity index (χ1v) is 26.5. The molecule has 0 aliphatic rings. The molecule has 0 spiro atoms. The Labute approximate surface area is 377 Å². The normalized spacial score (nSPS) is 14.1. The van der Waals surface area contributed by atoms with Crippen molar-refractivity contribution in [3.05, 3.63) is 60.8 Å². The van der Waals surface area contributed by atoms with Crippen molar-refractivity contribution in [3.63, 3.8) is 0 Å². The number of rotatable bonds is 46. The second-order valence-corrected chi connectivity index (χ2v) is 19.2. The van der Waals surface area contributed by atoms with E-state index in [9.17, 15) is 14.3 Å². The molecular formula is C52H96NO7P. The van der Waals surface area contributed by atoms with E-state index in [-0.39, 0.29) is 25.8 Å². The molecule has 0 saturated carbocycles. The summed E-state index contributed by atoms with van der Waals surface area (Å²) in [5, 5.41) is 0. The standard InChI is InChI=1S/C52H96NO7P/c1-6-8-10-12-14-16-18-20-22-24-26-27-28-29-31-33-35-37-39-41-43-45-52(54)60-51(50-59-61(55,56)58-48-46-53(3,4)5)49-57-47-44-42-40-38-36-34-32-30-25-23-21-19-17-15-13-11-9-7-2/h15,17-18,20-21,23-24,26,28-29,51H,6-14,16,19,22,25,27,30-50H2,1-5H3/b17-15-,20-18-,23-21-,26-24-,29-28-. The Kier molecular flexibility index (Phi) is 43.5. The minimum absolute atomic E-state index is 0.0197. The molecule has 0 aliphatic heterocycles. The van der Waals surface area contributed by atoms with Gasteiger partial charge in [-0.1, -0.05) is 177 Å². The Bertz CT molecular complexity index is 1160. The second-order valence-electron chi connectivity index (χ2n) is 17.8. The van der Waals surface area contributed by atoms with E-state index in [2.05, 4.69) is 74.6 Å². The smallest absolute Gasteiger partial charge is 0.306 e. The number of carbonyl (C=O) groups is 1. The molecule has 0 amide bonds. The summed E-state index contributed by atoms with van der Waals surface area (Å²) in [4.78, 5) is 25.2. The lowest BCUT2D eigenvalue weighted by Crippen LogP contribution is -2.37. The lowest BCUT2D eigenvalue weighted by Gasteiger charge is -2.28. The van der Waals surface area contributed by atoms with Gasteiger partial charge in [0.15, 0.2) is 0 Å². The van der Waals surface area contributed by atoms with Gasteiger partial charge in [-0.25, -0.2) is 0 Å². The van der Waals surface area contributed by atoms with E-state index < -0.39 is 13.9 Å². The van der Waals surface area contributed by atoms with Gasteiger partial charge in [0, 0.05) is 13.0 Å². The van der Waals surface area contributed by atoms with Gasteiger partial charge < -0.3 is 27.9 Å². The molecule has 0 aromatic rings. The van der Waals surface area contributed by atoms with E-state index in [1.54, 1.807) is 0 Å². The van der Waals surface area contributed by atoms with E-state index in [1.165, 1.54) is 122 Å². The Morgan fingerprint density at radius 2 is 0.902 bits per heavy atom. The zero-order valence-electron chi connectivity index (χ0n) is 40.4. The van der Waals surface area contributed by atoms with Crippen molar-refractivity contribution in [2.24, 2.45) is 0 Å². The van der Waals surface area contributed by atoms with Crippen LogP contribution < -0.4 is 4.89 Å². The van der Waals surface area contributed by atoms with Crippen LogP contribution in [-0.2, 0) is 27.9 Å². The van der Waals surface area contributed by atoms with E-state index in [4.69, 9.17) is 18.5 Å². The van der Waals surface area contributed by atoms with Crippen LogP contribution in [0.15, 0.2) is 60.8 Å². The number of likely N-dealkylation sites (N-methyl/N-ethyl adjacent to an activating group) is 1. The number of ether oxygens (including phenoxy) is 2. The third-order valence-corrected chi connectivity index (χ3v) is 11.5. The highest BCUT2D eigenvalue weighted by Gasteiger charge is 2.20. The molecule has 0 rings (SSSR count). The number of nitrogens with zero attached hydrogens (tertiary/aromatic N) is 1. The fourth-order valence-electron chi connectivity index (χ4n) is 6.64. The van der Waals surface area contributed by atoms with Crippen LogP contribution in [0.3, 0.4) is 0 Å². The summed E-state index contributed by atoms with van der Waals surface area (Å²) in [7, 11) is 1.34. The van der Waals surface area contributed by atoms with Crippen LogP contribution in [0.25, 0.3) is 0 Å². The second kappa shape index (κ2) is 44.8. The summed E-state index contributed by atoms with van der Waals surface area (Å²) in [6.07, 6.45) is 56.6. The summed E-state index contributed by atoms with van der Waals surface area (Å²) in [6, 6.07) is 0. The first-order chi connectivity index (χ1) is 29.6. The maximum absolute atomic E-state index is 12.7. The average Bonchev–Trinajstić information content (AvgIpc) is 3.22. The lowest BCUT2D eigenvalue weighted by molar-refractivity contribution is -0.870. The highest BCUT2D eigenvalue weighted by atomic mass is 31.2. The molecule has 61 heavy (non-hydrogen) atoms. The molecule has 0 saturated heterocycles. The number of phosphoric ester groups is 1. The first-order valence-electron chi connectivity index (χ1n) is 25.0. The van der Waals surface area contributed by atoms with Gasteiger partial charge in [-0.2, -0.15) is 0 Å². The van der Waals surface area contributed by atoms with Gasteiger partial charge in [0.05, 0.1) is 34.4 Å². The number of quaternary nitrogens is 1. The van der Waals surface area contributed by atoms with Crippen LogP contribution in [0.5, 0.6) is 0 Å². The van der Waals surface area contributed by atoms with E-state index in [1.807, 2.05) is 21.1 Å². The molecule has 356 valence electrons. The van der Waals surface area contributed by atoms with Crippen LogP contribution in [0.1, 0.15) is 206 Å². The molecule has 0 bridgehead atoms. The Morgan fingerprint density at radius 3 is 1.38 bits per heavy atom. The highest BCUT2D eigenvalue weighted by molar-refractivity contribution is 7.45. The zero-order chi connectivity index (χ0) is 44.8. The quantitative estimate of drug-likeness (QED) is 0.0198. The van der Waals surface area contributed by atoms with E-state index in [0.717, 1.165) is 64.2 Å². The van der Waals surface area contributed by atoms with Gasteiger partial charge in [0.25, 0.3) is 7.82 Å². The van der Waals surface area contributed by atoms with Crippen molar-refractivity contribution in [3.8, 4) is 0 Å². The maximum atomic E-state index is 12.7. The minimum Gasteiger partial charge on any atom is -0.756 e. The van der Waals surface area contributed by atoms with Crippen molar-refractivity contribution >= 4 is 13.8 Å². The molecule has 0 aliphatic carbocycles. The Morgan fingerprint density at radius 1 is 0.508 bits per heavy atom. The zero-order valence-corrected chi connectivity index (χ0v) is 41.2. The van der Waals surface area contributed by atoms with Gasteiger partial charge in [0.2, 0.25) is 0 Å². The summed E-state index contributed by atoms with van der Waals surface area (Å²) in [6.45, 7) is 5.35. The van der Waals surface area contributed by atoms with Crippen LogP contribution in [0, 0.1) is 0 Å². The molecule has 9 heteroatoms. The van der Waals surface area contributed by atoms with Crippen molar-refractivity contribution in [2.45, 2.75) is 213 Å². The van der Waals surface area contributed by atoms with Crippen molar-refractivity contribution < 1.29 is 37.3 Å². The van der Waals surface area contributed by atoms with Gasteiger partial charge in [-0.15, -0.1) is 0 Å². The van der Waals surface area contributed by atoms with Crippen molar-refractivity contribution in [2.75, 3.05) is 54.1 Å². The van der Waals surface area contributed by atoms with Crippen LogP contribution in [-0.4, -0.2) is 70.7 Å². The largest absolute Gasteiger partial charge is 0.756 e. The predicted molar refractivity (Wildman–Crippen MR) is 259 cm³/mol. The fourth-order valence-corrected chi connectivity index (χ4v) is 7.37. The van der Waals surface area contributed by atoms with Crippen molar-refractivity contribution in [1.82, 2.24) is 0 Å². The number of esters is 1. The number of allylic oxidation sites excluding steroid dienone is 10. The van der Waals surface area contributed by atoms with Gasteiger partial charge in [-0.05, 0) is 83.5 Å². The third kappa shape index (κ3) is 49.1. The van der Waals surface area contributed by atoms with Crippen molar-refractivity contribution in [1.29, 1.82) is 0 Å². The fraction of sp³-hybridized carbons (Fsp3) is 0.788. The molecule has 2 unspecified atom stereocenters.